The van der Waals surface area contributed by atoms with E-state index in [0.717, 1.165) is 62.8 Å². The average Bonchev–Trinajstić information content (AvgIpc) is 3.04. The summed E-state index contributed by atoms with van der Waals surface area (Å²) >= 11 is 0. The number of benzene rings is 1. The van der Waals surface area contributed by atoms with Crippen LogP contribution in [-0.2, 0) is 6.54 Å². The maximum Gasteiger partial charge on any atom is 0.208 e. The Morgan fingerprint density at radius 3 is 2.50 bits per heavy atom. The minimum atomic E-state index is 0.277. The molecular weight excluding hydrogens is 278 g/mol. The van der Waals surface area contributed by atoms with Crippen LogP contribution in [0.1, 0.15) is 12.3 Å². The Hall–Kier alpha value is -1.69. The molecule has 118 valence electrons. The van der Waals surface area contributed by atoms with Gasteiger partial charge >= 0.3 is 0 Å². The zero-order chi connectivity index (χ0) is 15.2. The zero-order valence-electron chi connectivity index (χ0n) is 12.8. The summed E-state index contributed by atoms with van der Waals surface area (Å²) in [4.78, 5) is 9.36. The Kier molecular flexibility index (Phi) is 5.21. The average molecular weight is 301 g/mol. The fraction of sp³-hybridized carbons (Fsp3) is 0.471. The van der Waals surface area contributed by atoms with Gasteiger partial charge in [-0.05, 0) is 6.42 Å². The third-order valence-electron chi connectivity index (χ3n) is 4.08. The summed E-state index contributed by atoms with van der Waals surface area (Å²) in [5.41, 5.74) is 1.99. The second-order valence-corrected chi connectivity index (χ2v) is 5.69. The summed E-state index contributed by atoms with van der Waals surface area (Å²) in [7, 11) is 0. The van der Waals surface area contributed by atoms with E-state index >= 15 is 0 Å². The van der Waals surface area contributed by atoms with Crippen molar-refractivity contribution in [3.8, 4) is 11.3 Å². The van der Waals surface area contributed by atoms with Gasteiger partial charge < -0.3 is 14.4 Å². The lowest BCUT2D eigenvalue weighted by molar-refractivity contribution is 0.113. The number of aliphatic hydroxyl groups is 1. The molecule has 0 atom stereocenters. The summed E-state index contributed by atoms with van der Waals surface area (Å²) in [5, 5.41) is 8.88. The lowest BCUT2D eigenvalue weighted by Gasteiger charge is -2.33. The van der Waals surface area contributed by atoms with Crippen LogP contribution in [0.3, 0.4) is 0 Å². The quantitative estimate of drug-likeness (QED) is 0.882. The highest BCUT2D eigenvalue weighted by Crippen LogP contribution is 2.19. The standard InChI is InChI=1S/C17H23N3O2/c21-12-4-7-19-8-10-20(11-9-19)13-17-18-16(14-22-17)15-5-2-1-3-6-15/h1-3,5-6,14,21H,4,7-13H2. The van der Waals surface area contributed by atoms with Gasteiger partial charge in [-0.1, -0.05) is 30.3 Å². The third kappa shape index (κ3) is 3.94. The minimum Gasteiger partial charge on any atom is -0.447 e. The van der Waals surface area contributed by atoms with Crippen molar-refractivity contribution in [2.45, 2.75) is 13.0 Å². The molecule has 1 aliphatic heterocycles. The molecule has 22 heavy (non-hydrogen) atoms. The lowest BCUT2D eigenvalue weighted by Crippen LogP contribution is -2.46. The monoisotopic (exact) mass is 301 g/mol. The zero-order valence-corrected chi connectivity index (χ0v) is 12.8. The van der Waals surface area contributed by atoms with Gasteiger partial charge in [0.2, 0.25) is 5.89 Å². The highest BCUT2D eigenvalue weighted by atomic mass is 16.3. The summed E-state index contributed by atoms with van der Waals surface area (Å²) in [6.45, 7) is 6.17. The number of rotatable bonds is 6. The number of nitrogens with zero attached hydrogens (tertiary/aromatic N) is 3. The van der Waals surface area contributed by atoms with Gasteiger partial charge in [0.1, 0.15) is 12.0 Å². The van der Waals surface area contributed by atoms with Crippen LogP contribution in [0.15, 0.2) is 41.0 Å². The summed E-state index contributed by atoms with van der Waals surface area (Å²) in [6.07, 6.45) is 2.60. The number of hydrogen-bond acceptors (Lipinski definition) is 5. The van der Waals surface area contributed by atoms with Gasteiger partial charge in [-0.3, -0.25) is 4.90 Å². The Labute approximate surface area is 131 Å². The molecule has 1 aromatic heterocycles. The molecule has 0 spiro atoms. The fourth-order valence-corrected chi connectivity index (χ4v) is 2.78. The van der Waals surface area contributed by atoms with Crippen molar-refractivity contribution < 1.29 is 9.52 Å². The predicted molar refractivity (Wildman–Crippen MR) is 85.4 cm³/mol. The van der Waals surface area contributed by atoms with Crippen molar-refractivity contribution in [3.63, 3.8) is 0 Å². The van der Waals surface area contributed by atoms with Gasteiger partial charge in [0.05, 0.1) is 6.54 Å². The van der Waals surface area contributed by atoms with Crippen LogP contribution < -0.4 is 0 Å². The fourth-order valence-electron chi connectivity index (χ4n) is 2.78. The van der Waals surface area contributed by atoms with Crippen LogP contribution >= 0.6 is 0 Å². The smallest absolute Gasteiger partial charge is 0.208 e. The first kappa shape index (κ1) is 15.2. The van der Waals surface area contributed by atoms with Crippen molar-refractivity contribution in [2.75, 3.05) is 39.3 Å². The predicted octanol–water partition coefficient (Wildman–Crippen LogP) is 1.84. The molecule has 1 aromatic carbocycles. The number of aromatic nitrogens is 1. The highest BCUT2D eigenvalue weighted by molar-refractivity contribution is 5.57. The Morgan fingerprint density at radius 1 is 1.05 bits per heavy atom. The summed E-state index contributed by atoms with van der Waals surface area (Å²) in [5.74, 6) is 0.780. The van der Waals surface area contributed by atoms with Gasteiger partial charge in [-0.25, -0.2) is 4.98 Å². The second kappa shape index (κ2) is 7.54. The second-order valence-electron chi connectivity index (χ2n) is 5.69. The van der Waals surface area contributed by atoms with Crippen LogP contribution in [0, 0.1) is 0 Å². The number of oxazole rings is 1. The molecule has 0 unspecified atom stereocenters. The SMILES string of the molecule is OCCCN1CCN(Cc2nc(-c3ccccc3)co2)CC1. The molecule has 5 nitrogen and oxygen atoms in total. The topological polar surface area (TPSA) is 52.7 Å². The van der Waals surface area contributed by atoms with Crippen LogP contribution in [0.4, 0.5) is 0 Å². The van der Waals surface area contributed by atoms with Crippen LogP contribution in [-0.4, -0.2) is 59.2 Å². The molecule has 0 radical (unpaired) electrons. The highest BCUT2D eigenvalue weighted by Gasteiger charge is 2.18. The van der Waals surface area contributed by atoms with Gasteiger partial charge in [-0.15, -0.1) is 0 Å². The van der Waals surface area contributed by atoms with Gasteiger partial charge in [0, 0.05) is 44.9 Å². The van der Waals surface area contributed by atoms with E-state index in [-0.39, 0.29) is 6.61 Å². The van der Waals surface area contributed by atoms with E-state index in [4.69, 9.17) is 9.52 Å². The number of piperazine rings is 1. The number of hydrogen-bond donors (Lipinski definition) is 1. The minimum absolute atomic E-state index is 0.277. The third-order valence-corrected chi connectivity index (χ3v) is 4.08. The molecule has 2 aromatic rings. The van der Waals surface area contributed by atoms with Gasteiger partial charge in [0.15, 0.2) is 0 Å². The lowest BCUT2D eigenvalue weighted by atomic mass is 10.2. The normalized spacial score (nSPS) is 17.0. The first-order valence-electron chi connectivity index (χ1n) is 7.90. The van der Waals surface area contributed by atoms with Crippen LogP contribution in [0.2, 0.25) is 0 Å². The van der Waals surface area contributed by atoms with Crippen molar-refractivity contribution in [3.05, 3.63) is 42.5 Å². The van der Waals surface area contributed by atoms with Crippen LogP contribution in [0.5, 0.6) is 0 Å². The first-order chi connectivity index (χ1) is 10.8. The van der Waals surface area contributed by atoms with E-state index in [0.29, 0.717) is 0 Å². The van der Waals surface area contributed by atoms with Crippen molar-refractivity contribution >= 4 is 0 Å². The van der Waals surface area contributed by atoms with E-state index in [1.807, 2.05) is 30.3 Å². The molecule has 1 fully saturated rings. The number of aliphatic hydroxyl groups excluding tert-OH is 1. The van der Waals surface area contributed by atoms with Crippen LogP contribution in [0.25, 0.3) is 11.3 Å². The Morgan fingerprint density at radius 2 is 1.77 bits per heavy atom. The molecule has 2 heterocycles. The van der Waals surface area contributed by atoms with Crippen molar-refractivity contribution in [2.24, 2.45) is 0 Å². The first-order valence-corrected chi connectivity index (χ1v) is 7.90. The van der Waals surface area contributed by atoms with E-state index in [9.17, 15) is 0 Å². The molecule has 1 N–H and O–H groups in total. The molecule has 3 rings (SSSR count). The maximum absolute atomic E-state index is 8.88. The molecule has 0 amide bonds. The van der Waals surface area contributed by atoms with E-state index in [2.05, 4.69) is 14.8 Å². The summed E-state index contributed by atoms with van der Waals surface area (Å²) < 4.78 is 5.61. The molecule has 5 heteroatoms. The molecule has 0 bridgehead atoms. The molecule has 1 aliphatic rings. The van der Waals surface area contributed by atoms with E-state index in [1.165, 1.54) is 0 Å². The Bertz CT molecular complexity index is 562. The molecular formula is C17H23N3O2. The van der Waals surface area contributed by atoms with Gasteiger partial charge in [0.25, 0.3) is 0 Å². The van der Waals surface area contributed by atoms with Crippen molar-refractivity contribution in [1.82, 2.24) is 14.8 Å². The molecule has 1 saturated heterocycles. The molecule has 0 saturated carbocycles. The van der Waals surface area contributed by atoms with E-state index < -0.39 is 0 Å². The molecule has 0 aliphatic carbocycles. The van der Waals surface area contributed by atoms with E-state index in [1.54, 1.807) is 6.26 Å². The Balaban J connectivity index is 1.51. The van der Waals surface area contributed by atoms with Crippen molar-refractivity contribution in [1.29, 1.82) is 0 Å². The summed E-state index contributed by atoms with van der Waals surface area (Å²) in [6, 6.07) is 10.1. The maximum atomic E-state index is 8.88. The largest absolute Gasteiger partial charge is 0.447 e. The van der Waals surface area contributed by atoms with Gasteiger partial charge in [-0.2, -0.15) is 0 Å².